The van der Waals surface area contributed by atoms with Gasteiger partial charge in [-0.25, -0.2) is 4.79 Å². The summed E-state index contributed by atoms with van der Waals surface area (Å²) in [5, 5.41) is 0. The highest BCUT2D eigenvalue weighted by atomic mass is 16.5. The number of hydrogen-bond acceptors (Lipinski definition) is 5. The van der Waals surface area contributed by atoms with Crippen LogP contribution in [0, 0.1) is 0 Å². The van der Waals surface area contributed by atoms with Gasteiger partial charge in [0.25, 0.3) is 0 Å². The van der Waals surface area contributed by atoms with Gasteiger partial charge in [0.05, 0.1) is 12.2 Å². The molecule has 7 heteroatoms. The molecule has 144 valence electrons. The summed E-state index contributed by atoms with van der Waals surface area (Å²) in [6.45, 7) is 3.08. The number of hydrogen-bond donors (Lipinski definition) is 2. The highest BCUT2D eigenvalue weighted by Gasteiger charge is 2.09. The molecule has 1 rings (SSSR count). The Labute approximate surface area is 154 Å². The number of nitrogens with zero attached hydrogens (tertiary/aromatic N) is 1. The van der Waals surface area contributed by atoms with Gasteiger partial charge in [-0.3, -0.25) is 9.79 Å². The van der Waals surface area contributed by atoms with Gasteiger partial charge >= 0.3 is 11.9 Å². The third kappa shape index (κ3) is 9.66. The maximum absolute atomic E-state index is 11.9. The Bertz CT molecular complexity index is 581. The fraction of sp³-hybridized carbons (Fsp3) is 0.526. The molecule has 4 N–H and O–H groups in total. The Morgan fingerprint density at radius 3 is 2.38 bits per heavy atom. The van der Waals surface area contributed by atoms with Crippen LogP contribution in [0.4, 0.5) is 0 Å². The molecule has 0 bridgehead atoms. The summed E-state index contributed by atoms with van der Waals surface area (Å²) in [6, 6.07) is 6.39. The van der Waals surface area contributed by atoms with Crippen LogP contribution in [0.15, 0.2) is 29.3 Å². The number of nitrogens with two attached hydrogens (primary N) is 2. The normalized spacial score (nSPS) is 10.2. The van der Waals surface area contributed by atoms with E-state index in [1.807, 2.05) is 0 Å². The number of guanidine groups is 1. The van der Waals surface area contributed by atoms with E-state index in [4.69, 9.17) is 20.9 Å². The molecule has 0 radical (unpaired) electrons. The van der Waals surface area contributed by atoms with E-state index >= 15 is 0 Å². The molecule has 0 fully saturated rings. The maximum Gasteiger partial charge on any atom is 0.338 e. The van der Waals surface area contributed by atoms with Crippen LogP contribution in [-0.2, 0) is 9.53 Å². The lowest BCUT2D eigenvalue weighted by atomic mass is 10.2. The lowest BCUT2D eigenvalue weighted by Crippen LogP contribution is -2.22. The lowest BCUT2D eigenvalue weighted by Gasteiger charge is -2.06. The van der Waals surface area contributed by atoms with Gasteiger partial charge in [0.2, 0.25) is 0 Å². The second kappa shape index (κ2) is 12.7. The quantitative estimate of drug-likeness (QED) is 0.194. The van der Waals surface area contributed by atoms with Gasteiger partial charge < -0.3 is 20.9 Å². The van der Waals surface area contributed by atoms with Crippen LogP contribution in [0.25, 0.3) is 0 Å². The van der Waals surface area contributed by atoms with Crippen LogP contribution in [0.1, 0.15) is 62.2 Å². The molecule has 0 heterocycles. The van der Waals surface area contributed by atoms with Crippen LogP contribution in [-0.4, -0.2) is 31.0 Å². The first-order valence-electron chi connectivity index (χ1n) is 9.06. The van der Waals surface area contributed by atoms with E-state index in [-0.39, 0.29) is 17.9 Å². The number of benzene rings is 1. The SMILES string of the molecule is CCCCCOC(=O)c1ccc(OC(=O)CCCCCN=C(N)N)cc1. The van der Waals surface area contributed by atoms with E-state index < -0.39 is 0 Å². The number of aliphatic imine (C=N–C) groups is 1. The van der Waals surface area contributed by atoms with Gasteiger partial charge in [-0.1, -0.05) is 26.2 Å². The molecule has 0 saturated carbocycles. The van der Waals surface area contributed by atoms with Crippen LogP contribution in [0.3, 0.4) is 0 Å². The van der Waals surface area contributed by atoms with Crippen molar-refractivity contribution in [1.82, 2.24) is 0 Å². The summed E-state index contributed by atoms with van der Waals surface area (Å²) in [5.41, 5.74) is 10.9. The van der Waals surface area contributed by atoms with E-state index in [1.165, 1.54) is 0 Å². The lowest BCUT2D eigenvalue weighted by molar-refractivity contribution is -0.134. The third-order valence-electron chi connectivity index (χ3n) is 3.64. The summed E-state index contributed by atoms with van der Waals surface area (Å²) in [6.07, 6.45) is 5.67. The molecule has 0 saturated heterocycles. The van der Waals surface area contributed by atoms with E-state index in [2.05, 4.69) is 11.9 Å². The molecule has 0 spiro atoms. The molecule has 0 unspecified atom stereocenters. The predicted octanol–water partition coefficient (Wildman–Crippen LogP) is 2.77. The molecular weight excluding hydrogens is 334 g/mol. The number of carbonyl (C=O) groups is 2. The Morgan fingerprint density at radius 2 is 1.73 bits per heavy atom. The van der Waals surface area contributed by atoms with Crippen molar-refractivity contribution in [2.75, 3.05) is 13.2 Å². The highest BCUT2D eigenvalue weighted by molar-refractivity contribution is 5.89. The zero-order valence-electron chi connectivity index (χ0n) is 15.4. The average molecular weight is 363 g/mol. The molecule has 0 amide bonds. The number of rotatable bonds is 12. The molecule has 0 aliphatic carbocycles. The monoisotopic (exact) mass is 363 g/mol. The van der Waals surface area contributed by atoms with E-state index in [0.717, 1.165) is 32.1 Å². The number of unbranched alkanes of at least 4 members (excludes halogenated alkanes) is 4. The van der Waals surface area contributed by atoms with Crippen LogP contribution < -0.4 is 16.2 Å². The second-order valence-electron chi connectivity index (χ2n) is 5.96. The van der Waals surface area contributed by atoms with E-state index in [0.29, 0.717) is 37.3 Å². The molecule has 0 aliphatic heterocycles. The van der Waals surface area contributed by atoms with Gasteiger partial charge in [-0.15, -0.1) is 0 Å². The standard InChI is InChI=1S/C19H29N3O4/c1-2-3-7-14-25-18(24)15-9-11-16(12-10-15)26-17(23)8-5-4-6-13-22-19(20)21/h9-12H,2-8,13-14H2,1H3,(H4,20,21,22). The van der Waals surface area contributed by atoms with Gasteiger partial charge in [-0.05, 0) is 43.5 Å². The molecule has 1 aromatic carbocycles. The minimum absolute atomic E-state index is 0.0812. The molecule has 0 atom stereocenters. The van der Waals surface area contributed by atoms with Crippen molar-refractivity contribution in [1.29, 1.82) is 0 Å². The summed E-state index contributed by atoms with van der Waals surface area (Å²) in [5.74, 6) is -0.169. The van der Waals surface area contributed by atoms with Crippen molar-refractivity contribution in [3.63, 3.8) is 0 Å². The fourth-order valence-corrected chi connectivity index (χ4v) is 2.21. The van der Waals surface area contributed by atoms with Crippen LogP contribution >= 0.6 is 0 Å². The van der Waals surface area contributed by atoms with Crippen LogP contribution in [0.2, 0.25) is 0 Å². The van der Waals surface area contributed by atoms with Crippen molar-refractivity contribution in [2.45, 2.75) is 51.9 Å². The van der Waals surface area contributed by atoms with Gasteiger partial charge in [0.15, 0.2) is 5.96 Å². The largest absolute Gasteiger partial charge is 0.462 e. The summed E-state index contributed by atoms with van der Waals surface area (Å²) in [7, 11) is 0. The Kier molecular flexibility index (Phi) is 10.5. The summed E-state index contributed by atoms with van der Waals surface area (Å²) >= 11 is 0. The molecular formula is C19H29N3O4. The van der Waals surface area contributed by atoms with Gasteiger partial charge in [-0.2, -0.15) is 0 Å². The molecule has 26 heavy (non-hydrogen) atoms. The smallest absolute Gasteiger partial charge is 0.338 e. The highest BCUT2D eigenvalue weighted by Crippen LogP contribution is 2.14. The van der Waals surface area contributed by atoms with E-state index in [1.54, 1.807) is 24.3 Å². The van der Waals surface area contributed by atoms with Crippen molar-refractivity contribution >= 4 is 17.9 Å². The van der Waals surface area contributed by atoms with Crippen molar-refractivity contribution < 1.29 is 19.1 Å². The summed E-state index contributed by atoms with van der Waals surface area (Å²) < 4.78 is 10.4. The van der Waals surface area contributed by atoms with Gasteiger partial charge in [0, 0.05) is 13.0 Å². The number of ether oxygens (including phenoxy) is 2. The number of esters is 2. The van der Waals surface area contributed by atoms with Crippen molar-refractivity contribution in [3.8, 4) is 5.75 Å². The van der Waals surface area contributed by atoms with Crippen LogP contribution in [0.5, 0.6) is 5.75 Å². The Balaban J connectivity index is 2.27. The second-order valence-corrected chi connectivity index (χ2v) is 5.96. The molecule has 1 aromatic rings. The van der Waals surface area contributed by atoms with Gasteiger partial charge in [0.1, 0.15) is 5.75 Å². The zero-order valence-corrected chi connectivity index (χ0v) is 15.4. The zero-order chi connectivity index (χ0) is 19.2. The summed E-state index contributed by atoms with van der Waals surface area (Å²) in [4.78, 5) is 27.5. The van der Waals surface area contributed by atoms with Crippen molar-refractivity contribution in [2.24, 2.45) is 16.5 Å². The fourth-order valence-electron chi connectivity index (χ4n) is 2.21. The third-order valence-corrected chi connectivity index (χ3v) is 3.64. The first-order chi connectivity index (χ1) is 12.5. The topological polar surface area (TPSA) is 117 Å². The first kappa shape index (κ1) is 21.5. The maximum atomic E-state index is 11.9. The molecule has 0 aromatic heterocycles. The van der Waals surface area contributed by atoms with E-state index in [9.17, 15) is 9.59 Å². The predicted molar refractivity (Wildman–Crippen MR) is 101 cm³/mol. The molecule has 7 nitrogen and oxygen atoms in total. The number of carbonyl (C=O) groups excluding carboxylic acids is 2. The Morgan fingerprint density at radius 1 is 1.00 bits per heavy atom. The minimum atomic E-state index is -0.361. The average Bonchev–Trinajstić information content (AvgIpc) is 2.62. The molecule has 0 aliphatic rings. The Hall–Kier alpha value is -2.57. The minimum Gasteiger partial charge on any atom is -0.462 e. The first-order valence-corrected chi connectivity index (χ1v) is 9.06. The van der Waals surface area contributed by atoms with Crippen molar-refractivity contribution in [3.05, 3.63) is 29.8 Å².